The van der Waals surface area contributed by atoms with Gasteiger partial charge in [0.05, 0.1) is 6.33 Å². The predicted molar refractivity (Wildman–Crippen MR) is 68.3 cm³/mol. The van der Waals surface area contributed by atoms with E-state index in [2.05, 4.69) is 31.2 Å². The zero-order valence-electron chi connectivity index (χ0n) is 8.50. The van der Waals surface area contributed by atoms with E-state index in [0.29, 0.717) is 0 Å². The molecule has 0 saturated carbocycles. The highest BCUT2D eigenvalue weighted by Crippen LogP contribution is 2.21. The van der Waals surface area contributed by atoms with Crippen LogP contribution in [0.2, 0.25) is 5.02 Å². The second-order valence-corrected chi connectivity index (χ2v) is 4.71. The third-order valence-corrected chi connectivity index (χ3v) is 3.17. The maximum Gasteiger partial charge on any atom is 0.0922 e. The van der Waals surface area contributed by atoms with Gasteiger partial charge in [0.1, 0.15) is 0 Å². The van der Waals surface area contributed by atoms with Crippen LogP contribution in [0.25, 0.3) is 0 Å². The second-order valence-electron chi connectivity index (χ2n) is 3.42. The van der Waals surface area contributed by atoms with Crippen molar-refractivity contribution in [1.82, 2.24) is 15.3 Å². The molecule has 0 saturated heterocycles. The van der Waals surface area contributed by atoms with Crippen LogP contribution in [0.4, 0.5) is 0 Å². The number of hydrogen-bond donors (Lipinski definition) is 2. The molecule has 2 aromatic rings. The van der Waals surface area contributed by atoms with E-state index >= 15 is 0 Å². The fourth-order valence-electron chi connectivity index (χ4n) is 1.38. The van der Waals surface area contributed by atoms with Crippen molar-refractivity contribution >= 4 is 27.5 Å². The molecule has 0 amide bonds. The first-order valence-electron chi connectivity index (χ1n) is 4.87. The summed E-state index contributed by atoms with van der Waals surface area (Å²) < 4.78 is 1.03. The molecule has 3 nitrogen and oxygen atoms in total. The van der Waals surface area contributed by atoms with E-state index in [9.17, 15) is 0 Å². The Kier molecular flexibility index (Phi) is 3.98. The minimum atomic E-state index is 0.740. The van der Waals surface area contributed by atoms with Crippen molar-refractivity contribution in [3.63, 3.8) is 0 Å². The fraction of sp³-hybridized carbons (Fsp3) is 0.182. The summed E-state index contributed by atoms with van der Waals surface area (Å²) >= 11 is 9.35. The topological polar surface area (TPSA) is 40.7 Å². The molecule has 5 heteroatoms. The number of nitrogens with zero attached hydrogens (tertiary/aromatic N) is 1. The summed E-state index contributed by atoms with van der Waals surface area (Å²) in [5, 5.41) is 4.06. The number of H-pyrrole nitrogens is 1. The average molecular weight is 301 g/mol. The van der Waals surface area contributed by atoms with E-state index in [0.717, 1.165) is 28.3 Å². The molecule has 0 fully saturated rings. The number of rotatable bonds is 4. The van der Waals surface area contributed by atoms with Crippen LogP contribution in [-0.4, -0.2) is 9.97 Å². The van der Waals surface area contributed by atoms with Crippen molar-refractivity contribution < 1.29 is 0 Å². The molecule has 0 atom stereocenters. The summed E-state index contributed by atoms with van der Waals surface area (Å²) in [7, 11) is 0. The molecule has 0 spiro atoms. The number of aromatic nitrogens is 2. The Morgan fingerprint density at radius 3 is 2.94 bits per heavy atom. The van der Waals surface area contributed by atoms with Gasteiger partial charge in [-0.3, -0.25) is 0 Å². The molecule has 0 radical (unpaired) electrons. The summed E-state index contributed by atoms with van der Waals surface area (Å²) in [6.07, 6.45) is 3.49. The van der Waals surface area contributed by atoms with Crippen LogP contribution in [0.15, 0.2) is 35.2 Å². The highest BCUT2D eigenvalue weighted by Gasteiger charge is 2.00. The lowest BCUT2D eigenvalue weighted by atomic mass is 10.2. The second kappa shape index (κ2) is 5.48. The Hall–Kier alpha value is -0.840. The number of imidazole rings is 1. The Morgan fingerprint density at radius 2 is 2.25 bits per heavy atom. The molecule has 2 rings (SSSR count). The van der Waals surface area contributed by atoms with E-state index in [-0.39, 0.29) is 0 Å². The Labute approximate surface area is 107 Å². The smallest absolute Gasteiger partial charge is 0.0922 e. The molecule has 1 heterocycles. The molecule has 0 unspecified atom stereocenters. The average Bonchev–Trinajstić information content (AvgIpc) is 2.74. The van der Waals surface area contributed by atoms with E-state index < -0.39 is 0 Å². The van der Waals surface area contributed by atoms with Gasteiger partial charge in [-0.05, 0) is 17.7 Å². The lowest BCUT2D eigenvalue weighted by molar-refractivity contribution is 0.680. The first-order valence-corrected chi connectivity index (χ1v) is 6.04. The van der Waals surface area contributed by atoms with Crippen molar-refractivity contribution in [1.29, 1.82) is 0 Å². The molecule has 0 aliphatic carbocycles. The SMILES string of the molecule is Clc1ccc(CNCc2cnc[nH]2)c(Br)c1. The molecule has 84 valence electrons. The molecular formula is C11H11BrClN3. The molecule has 0 aliphatic rings. The van der Waals surface area contributed by atoms with Crippen LogP contribution in [0, 0.1) is 0 Å². The maximum absolute atomic E-state index is 5.87. The van der Waals surface area contributed by atoms with E-state index in [4.69, 9.17) is 11.6 Å². The van der Waals surface area contributed by atoms with E-state index in [1.165, 1.54) is 5.56 Å². The minimum Gasteiger partial charge on any atom is -0.347 e. The normalized spacial score (nSPS) is 10.6. The predicted octanol–water partition coefficient (Wildman–Crippen LogP) is 3.12. The highest BCUT2D eigenvalue weighted by molar-refractivity contribution is 9.10. The Balaban J connectivity index is 1.90. The largest absolute Gasteiger partial charge is 0.347 e. The number of hydrogen-bond acceptors (Lipinski definition) is 2. The highest BCUT2D eigenvalue weighted by atomic mass is 79.9. The van der Waals surface area contributed by atoms with Crippen LogP contribution in [0.5, 0.6) is 0 Å². The van der Waals surface area contributed by atoms with Gasteiger partial charge in [0.25, 0.3) is 0 Å². The Bertz CT molecular complexity index is 456. The lowest BCUT2D eigenvalue weighted by Crippen LogP contribution is -2.13. The van der Waals surface area contributed by atoms with Gasteiger partial charge in [-0.2, -0.15) is 0 Å². The number of benzene rings is 1. The zero-order valence-corrected chi connectivity index (χ0v) is 10.8. The van der Waals surface area contributed by atoms with Crippen LogP contribution in [0.1, 0.15) is 11.3 Å². The van der Waals surface area contributed by atoms with Crippen LogP contribution in [-0.2, 0) is 13.1 Å². The summed E-state index contributed by atoms with van der Waals surface area (Å²) in [5.74, 6) is 0. The maximum atomic E-state index is 5.87. The standard InChI is InChI=1S/C11H11BrClN3/c12-11-3-9(13)2-1-8(11)4-14-5-10-6-15-7-16-10/h1-3,6-7,14H,4-5H2,(H,15,16). The van der Waals surface area contributed by atoms with Gasteiger partial charge in [-0.25, -0.2) is 4.98 Å². The molecule has 0 aliphatic heterocycles. The van der Waals surface area contributed by atoms with Crippen LogP contribution >= 0.6 is 27.5 Å². The summed E-state index contributed by atoms with van der Waals surface area (Å²) in [5.41, 5.74) is 2.26. The van der Waals surface area contributed by atoms with Gasteiger partial charge >= 0.3 is 0 Å². The zero-order chi connectivity index (χ0) is 11.4. The molecule has 1 aromatic heterocycles. The molecule has 2 N–H and O–H groups in total. The van der Waals surface area contributed by atoms with Gasteiger partial charge in [-0.15, -0.1) is 0 Å². The first kappa shape index (κ1) is 11.6. The molecule has 16 heavy (non-hydrogen) atoms. The minimum absolute atomic E-state index is 0.740. The monoisotopic (exact) mass is 299 g/mol. The van der Waals surface area contributed by atoms with E-state index in [1.54, 1.807) is 6.33 Å². The fourth-order valence-corrected chi connectivity index (χ4v) is 2.20. The molecule has 1 aromatic carbocycles. The molecular weight excluding hydrogens is 289 g/mol. The third-order valence-electron chi connectivity index (χ3n) is 2.20. The third kappa shape index (κ3) is 3.07. The van der Waals surface area contributed by atoms with Gasteiger partial charge in [0, 0.05) is 34.5 Å². The number of halogens is 2. The van der Waals surface area contributed by atoms with Gasteiger partial charge < -0.3 is 10.3 Å². The number of aromatic amines is 1. The van der Waals surface area contributed by atoms with Crippen LogP contribution in [0.3, 0.4) is 0 Å². The van der Waals surface area contributed by atoms with Crippen molar-refractivity contribution in [3.8, 4) is 0 Å². The van der Waals surface area contributed by atoms with E-state index in [1.807, 2.05) is 24.4 Å². The summed E-state index contributed by atoms with van der Waals surface area (Å²) in [6.45, 7) is 1.56. The molecule has 0 bridgehead atoms. The number of nitrogens with one attached hydrogen (secondary N) is 2. The van der Waals surface area contributed by atoms with Gasteiger partial charge in [0.2, 0.25) is 0 Å². The summed E-state index contributed by atoms with van der Waals surface area (Å²) in [6, 6.07) is 5.79. The van der Waals surface area contributed by atoms with Crippen molar-refractivity contribution in [3.05, 3.63) is 51.5 Å². The van der Waals surface area contributed by atoms with Crippen molar-refractivity contribution in [2.24, 2.45) is 0 Å². The van der Waals surface area contributed by atoms with Gasteiger partial charge in [0.15, 0.2) is 0 Å². The van der Waals surface area contributed by atoms with Crippen molar-refractivity contribution in [2.45, 2.75) is 13.1 Å². The Morgan fingerprint density at radius 1 is 1.38 bits per heavy atom. The lowest BCUT2D eigenvalue weighted by Gasteiger charge is -2.06. The van der Waals surface area contributed by atoms with Crippen molar-refractivity contribution in [2.75, 3.05) is 0 Å². The first-order chi connectivity index (χ1) is 7.75. The van der Waals surface area contributed by atoms with Crippen LogP contribution < -0.4 is 5.32 Å². The summed E-state index contributed by atoms with van der Waals surface area (Å²) in [4.78, 5) is 7.00. The quantitative estimate of drug-likeness (QED) is 0.911. The van der Waals surface area contributed by atoms with Gasteiger partial charge in [-0.1, -0.05) is 33.6 Å².